The SMILES string of the molecule is CC1CC(C)CC(NCC2(O)CCCCC2)C1. The predicted molar refractivity (Wildman–Crippen MR) is 72.0 cm³/mol. The summed E-state index contributed by atoms with van der Waals surface area (Å²) >= 11 is 0. The molecule has 0 saturated heterocycles. The van der Waals surface area contributed by atoms with Gasteiger partial charge in [-0.05, 0) is 43.9 Å². The summed E-state index contributed by atoms with van der Waals surface area (Å²) in [4.78, 5) is 0. The van der Waals surface area contributed by atoms with Crippen molar-refractivity contribution in [1.82, 2.24) is 5.32 Å². The molecule has 2 rings (SSSR count). The highest BCUT2D eigenvalue weighted by Gasteiger charge is 2.31. The zero-order valence-corrected chi connectivity index (χ0v) is 11.5. The van der Waals surface area contributed by atoms with Crippen molar-refractivity contribution in [2.75, 3.05) is 6.54 Å². The van der Waals surface area contributed by atoms with E-state index < -0.39 is 5.60 Å². The van der Waals surface area contributed by atoms with Crippen LogP contribution in [-0.2, 0) is 0 Å². The van der Waals surface area contributed by atoms with Gasteiger partial charge in [0.1, 0.15) is 0 Å². The van der Waals surface area contributed by atoms with Crippen LogP contribution in [0.2, 0.25) is 0 Å². The van der Waals surface area contributed by atoms with Crippen LogP contribution in [-0.4, -0.2) is 23.3 Å². The van der Waals surface area contributed by atoms with Crippen molar-refractivity contribution in [3.05, 3.63) is 0 Å². The molecule has 0 aliphatic heterocycles. The summed E-state index contributed by atoms with van der Waals surface area (Å²) in [6, 6.07) is 0.639. The first-order valence-electron chi connectivity index (χ1n) is 7.53. The van der Waals surface area contributed by atoms with E-state index in [0.29, 0.717) is 6.04 Å². The van der Waals surface area contributed by atoms with E-state index in [1.807, 2.05) is 0 Å². The second-order valence-electron chi connectivity index (χ2n) is 6.78. The monoisotopic (exact) mass is 239 g/mol. The van der Waals surface area contributed by atoms with Crippen molar-refractivity contribution in [3.63, 3.8) is 0 Å². The molecule has 2 N–H and O–H groups in total. The minimum Gasteiger partial charge on any atom is -0.389 e. The summed E-state index contributed by atoms with van der Waals surface area (Å²) in [7, 11) is 0. The molecule has 100 valence electrons. The Bertz CT molecular complexity index is 225. The molecule has 0 amide bonds. The molecular formula is C15H29NO. The lowest BCUT2D eigenvalue weighted by molar-refractivity contribution is 0.000334. The molecule has 0 spiro atoms. The highest BCUT2D eigenvalue weighted by atomic mass is 16.3. The van der Waals surface area contributed by atoms with Gasteiger partial charge < -0.3 is 10.4 Å². The number of aliphatic hydroxyl groups is 1. The summed E-state index contributed by atoms with van der Waals surface area (Å²) < 4.78 is 0. The van der Waals surface area contributed by atoms with Gasteiger partial charge in [-0.15, -0.1) is 0 Å². The molecule has 2 atom stereocenters. The highest BCUT2D eigenvalue weighted by Crippen LogP contribution is 2.30. The molecule has 2 heteroatoms. The molecule has 2 nitrogen and oxygen atoms in total. The third-order valence-electron chi connectivity index (χ3n) is 4.68. The molecule has 0 aromatic heterocycles. The zero-order chi connectivity index (χ0) is 12.3. The Morgan fingerprint density at radius 1 is 1.00 bits per heavy atom. The van der Waals surface area contributed by atoms with Crippen LogP contribution in [0.5, 0.6) is 0 Å². The van der Waals surface area contributed by atoms with Gasteiger partial charge >= 0.3 is 0 Å². The Hall–Kier alpha value is -0.0800. The van der Waals surface area contributed by atoms with Gasteiger partial charge in [-0.2, -0.15) is 0 Å². The van der Waals surface area contributed by atoms with Gasteiger partial charge in [-0.3, -0.25) is 0 Å². The maximum absolute atomic E-state index is 10.5. The van der Waals surface area contributed by atoms with Crippen LogP contribution in [0.4, 0.5) is 0 Å². The molecule has 2 fully saturated rings. The normalized spacial score (nSPS) is 37.9. The van der Waals surface area contributed by atoms with Crippen LogP contribution in [0.3, 0.4) is 0 Å². The molecule has 0 heterocycles. The van der Waals surface area contributed by atoms with Crippen LogP contribution in [0.1, 0.15) is 65.2 Å². The molecule has 2 aliphatic rings. The van der Waals surface area contributed by atoms with Crippen LogP contribution >= 0.6 is 0 Å². The third-order valence-corrected chi connectivity index (χ3v) is 4.68. The van der Waals surface area contributed by atoms with Crippen LogP contribution < -0.4 is 5.32 Å². The molecule has 2 unspecified atom stereocenters. The summed E-state index contributed by atoms with van der Waals surface area (Å²) in [5.41, 5.74) is -0.401. The number of nitrogens with one attached hydrogen (secondary N) is 1. The lowest BCUT2D eigenvalue weighted by Crippen LogP contribution is -2.47. The summed E-state index contributed by atoms with van der Waals surface area (Å²) in [6.07, 6.45) is 9.67. The molecule has 0 aromatic carbocycles. The number of rotatable bonds is 3. The summed E-state index contributed by atoms with van der Waals surface area (Å²) in [6.45, 7) is 5.54. The van der Waals surface area contributed by atoms with E-state index in [1.54, 1.807) is 0 Å². The van der Waals surface area contributed by atoms with E-state index in [1.165, 1.54) is 38.5 Å². The van der Waals surface area contributed by atoms with Gasteiger partial charge in [-0.25, -0.2) is 0 Å². The predicted octanol–water partition coefficient (Wildman–Crippen LogP) is 3.10. The Labute approximate surface area is 106 Å². The Morgan fingerprint density at radius 3 is 2.18 bits per heavy atom. The van der Waals surface area contributed by atoms with Crippen molar-refractivity contribution < 1.29 is 5.11 Å². The van der Waals surface area contributed by atoms with Crippen molar-refractivity contribution in [2.24, 2.45) is 11.8 Å². The Balaban J connectivity index is 1.76. The highest BCUT2D eigenvalue weighted by molar-refractivity contribution is 4.87. The summed E-state index contributed by atoms with van der Waals surface area (Å²) in [5.74, 6) is 1.69. The Morgan fingerprint density at radius 2 is 1.59 bits per heavy atom. The molecule has 2 aliphatic carbocycles. The van der Waals surface area contributed by atoms with Gasteiger partial charge in [-0.1, -0.05) is 33.1 Å². The van der Waals surface area contributed by atoms with Crippen molar-refractivity contribution in [3.8, 4) is 0 Å². The smallest absolute Gasteiger partial charge is 0.0771 e. The quantitative estimate of drug-likeness (QED) is 0.793. The molecule has 0 radical (unpaired) electrons. The van der Waals surface area contributed by atoms with Gasteiger partial charge in [0, 0.05) is 12.6 Å². The zero-order valence-electron chi connectivity index (χ0n) is 11.5. The van der Waals surface area contributed by atoms with Gasteiger partial charge in [0.25, 0.3) is 0 Å². The first-order chi connectivity index (χ1) is 8.07. The van der Waals surface area contributed by atoms with E-state index in [2.05, 4.69) is 19.2 Å². The number of hydrogen-bond acceptors (Lipinski definition) is 2. The fourth-order valence-corrected chi connectivity index (χ4v) is 3.83. The first kappa shape index (κ1) is 13.4. The fraction of sp³-hybridized carbons (Fsp3) is 1.00. The number of hydrogen-bond donors (Lipinski definition) is 2. The first-order valence-corrected chi connectivity index (χ1v) is 7.53. The van der Waals surface area contributed by atoms with Crippen molar-refractivity contribution in [2.45, 2.75) is 76.9 Å². The minimum absolute atomic E-state index is 0.401. The average Bonchev–Trinajstić information content (AvgIpc) is 2.26. The van der Waals surface area contributed by atoms with Crippen molar-refractivity contribution >= 4 is 0 Å². The molecule has 0 aromatic rings. The van der Waals surface area contributed by atoms with Gasteiger partial charge in [0.2, 0.25) is 0 Å². The van der Waals surface area contributed by atoms with Crippen LogP contribution in [0, 0.1) is 11.8 Å². The van der Waals surface area contributed by atoms with E-state index in [4.69, 9.17) is 0 Å². The van der Waals surface area contributed by atoms with E-state index in [9.17, 15) is 5.11 Å². The molecule has 0 bridgehead atoms. The molecule has 2 saturated carbocycles. The van der Waals surface area contributed by atoms with Crippen LogP contribution in [0.25, 0.3) is 0 Å². The fourth-order valence-electron chi connectivity index (χ4n) is 3.83. The third kappa shape index (κ3) is 3.96. The summed E-state index contributed by atoms with van der Waals surface area (Å²) in [5, 5.41) is 14.1. The van der Waals surface area contributed by atoms with Crippen LogP contribution in [0.15, 0.2) is 0 Å². The largest absolute Gasteiger partial charge is 0.389 e. The second kappa shape index (κ2) is 5.71. The maximum Gasteiger partial charge on any atom is 0.0771 e. The average molecular weight is 239 g/mol. The lowest BCUT2D eigenvalue weighted by Gasteiger charge is -2.37. The van der Waals surface area contributed by atoms with Gasteiger partial charge in [0.15, 0.2) is 0 Å². The van der Waals surface area contributed by atoms with Gasteiger partial charge in [0.05, 0.1) is 5.60 Å². The van der Waals surface area contributed by atoms with E-state index in [-0.39, 0.29) is 0 Å². The van der Waals surface area contributed by atoms with E-state index in [0.717, 1.165) is 31.2 Å². The molecular weight excluding hydrogens is 210 g/mol. The maximum atomic E-state index is 10.5. The lowest BCUT2D eigenvalue weighted by atomic mass is 9.79. The van der Waals surface area contributed by atoms with E-state index >= 15 is 0 Å². The topological polar surface area (TPSA) is 32.3 Å². The second-order valence-corrected chi connectivity index (χ2v) is 6.78. The standard InChI is InChI=1S/C15H29NO/c1-12-8-13(2)10-14(9-12)16-11-15(17)6-4-3-5-7-15/h12-14,16-17H,3-11H2,1-2H3. The minimum atomic E-state index is -0.401. The van der Waals surface area contributed by atoms with Crippen molar-refractivity contribution in [1.29, 1.82) is 0 Å². The Kier molecular flexibility index (Phi) is 4.48. The molecule has 17 heavy (non-hydrogen) atoms.